The molecule has 7 nitrogen and oxygen atoms in total. The van der Waals surface area contributed by atoms with Crippen molar-refractivity contribution in [1.82, 2.24) is 20.8 Å². The summed E-state index contributed by atoms with van der Waals surface area (Å²) in [7, 11) is 0. The maximum Gasteiger partial charge on any atom is 0.321 e. The minimum Gasteiger partial charge on any atom is -0.335 e. The van der Waals surface area contributed by atoms with Gasteiger partial charge in [-0.1, -0.05) is 60.6 Å². The number of rotatable bonds is 6. The van der Waals surface area contributed by atoms with Crippen molar-refractivity contribution >= 4 is 45.9 Å². The van der Waals surface area contributed by atoms with Gasteiger partial charge in [0.1, 0.15) is 0 Å². The van der Waals surface area contributed by atoms with E-state index in [9.17, 15) is 9.59 Å². The normalized spacial score (nSPS) is 14.6. The highest BCUT2D eigenvalue weighted by Gasteiger charge is 2.17. The van der Waals surface area contributed by atoms with Gasteiger partial charge in [-0.2, -0.15) is 0 Å². The average Bonchev–Trinajstić information content (AvgIpc) is 3.09. The van der Waals surface area contributed by atoms with Gasteiger partial charge in [-0.05, 0) is 25.0 Å². The quantitative estimate of drug-likeness (QED) is 0.652. The first-order valence-corrected chi connectivity index (χ1v) is 10.4. The minimum atomic E-state index is -0.411. The maximum absolute atomic E-state index is 11.9. The Balaban J connectivity index is 1.39. The second-order valence-electron chi connectivity index (χ2n) is 6.01. The van der Waals surface area contributed by atoms with Crippen molar-refractivity contribution in [3.05, 3.63) is 30.3 Å². The molecule has 26 heavy (non-hydrogen) atoms. The number of carbonyl (C=O) groups excluding carboxylic acids is 2. The highest BCUT2D eigenvalue weighted by molar-refractivity contribution is 8.01. The fourth-order valence-electron chi connectivity index (χ4n) is 2.72. The highest BCUT2D eigenvalue weighted by Crippen LogP contribution is 2.27. The molecule has 3 amide bonds. The fourth-order valence-corrected chi connectivity index (χ4v) is 4.29. The van der Waals surface area contributed by atoms with Gasteiger partial charge in [0, 0.05) is 11.7 Å². The van der Waals surface area contributed by atoms with Crippen molar-refractivity contribution in [2.45, 2.75) is 42.5 Å². The number of carbonyl (C=O) groups is 2. The summed E-state index contributed by atoms with van der Waals surface area (Å²) in [6, 6.07) is 9.45. The Kier molecular flexibility index (Phi) is 6.84. The third-order valence-electron chi connectivity index (χ3n) is 3.95. The van der Waals surface area contributed by atoms with Crippen LogP contribution in [0.3, 0.4) is 0 Å². The Morgan fingerprint density at radius 3 is 2.65 bits per heavy atom. The fraction of sp³-hybridized carbons (Fsp3) is 0.412. The number of benzene rings is 1. The van der Waals surface area contributed by atoms with Gasteiger partial charge in [-0.15, -0.1) is 10.2 Å². The molecule has 1 saturated carbocycles. The molecule has 0 aliphatic heterocycles. The number of anilines is 2. The number of amides is 3. The summed E-state index contributed by atoms with van der Waals surface area (Å²) in [5.74, 6) is -0.214. The van der Waals surface area contributed by atoms with Crippen LogP contribution < -0.4 is 16.0 Å². The molecule has 3 rings (SSSR count). The standard InChI is InChI=1S/C17H21N5O2S2/c23-14(20-15(24)18-12-7-3-1-4-8-12)11-25-17-22-21-16(26-17)19-13-9-5-2-6-10-13/h2,5-6,9-10,12H,1,3-4,7-8,11H2,(H,19,21)(H2,18,20,23,24). The summed E-state index contributed by atoms with van der Waals surface area (Å²) in [5, 5.41) is 17.2. The van der Waals surface area contributed by atoms with Gasteiger partial charge in [0.25, 0.3) is 0 Å². The topological polar surface area (TPSA) is 96.0 Å². The Labute approximate surface area is 160 Å². The van der Waals surface area contributed by atoms with Gasteiger partial charge in [-0.25, -0.2) is 4.79 Å². The molecule has 1 aromatic heterocycles. The number of nitrogens with zero attached hydrogens (tertiary/aromatic N) is 2. The van der Waals surface area contributed by atoms with Crippen molar-refractivity contribution in [1.29, 1.82) is 0 Å². The molecule has 3 N–H and O–H groups in total. The molecule has 2 aromatic rings. The number of imide groups is 1. The van der Waals surface area contributed by atoms with E-state index in [2.05, 4.69) is 26.1 Å². The largest absolute Gasteiger partial charge is 0.335 e. The van der Waals surface area contributed by atoms with Crippen LogP contribution in [0.1, 0.15) is 32.1 Å². The second kappa shape index (κ2) is 9.54. The van der Waals surface area contributed by atoms with Crippen molar-refractivity contribution in [2.24, 2.45) is 0 Å². The molecule has 1 aromatic carbocycles. The molecule has 1 aliphatic rings. The van der Waals surface area contributed by atoms with Crippen LogP contribution in [-0.4, -0.2) is 33.9 Å². The number of aromatic nitrogens is 2. The lowest BCUT2D eigenvalue weighted by molar-refractivity contribution is -0.117. The van der Waals surface area contributed by atoms with Crippen molar-refractivity contribution in [3.8, 4) is 0 Å². The average molecular weight is 392 g/mol. The molecule has 1 heterocycles. The SMILES string of the molecule is O=C(CSc1nnc(Nc2ccccc2)s1)NC(=O)NC1CCCCC1. The molecular formula is C17H21N5O2S2. The number of para-hydroxylation sites is 1. The molecule has 138 valence electrons. The smallest absolute Gasteiger partial charge is 0.321 e. The highest BCUT2D eigenvalue weighted by atomic mass is 32.2. The molecule has 9 heteroatoms. The van der Waals surface area contributed by atoms with Crippen LogP contribution in [0.4, 0.5) is 15.6 Å². The third-order valence-corrected chi connectivity index (χ3v) is 5.92. The van der Waals surface area contributed by atoms with E-state index in [4.69, 9.17) is 0 Å². The summed E-state index contributed by atoms with van der Waals surface area (Å²) < 4.78 is 0.672. The van der Waals surface area contributed by atoms with Gasteiger partial charge in [0.05, 0.1) is 5.75 Å². The van der Waals surface area contributed by atoms with Crippen LogP contribution in [0.15, 0.2) is 34.7 Å². The van der Waals surface area contributed by atoms with Gasteiger partial charge in [-0.3, -0.25) is 10.1 Å². The molecule has 1 fully saturated rings. The van der Waals surface area contributed by atoms with E-state index in [1.807, 2.05) is 30.3 Å². The van der Waals surface area contributed by atoms with Gasteiger partial charge >= 0.3 is 6.03 Å². The van der Waals surface area contributed by atoms with Gasteiger partial charge < -0.3 is 10.6 Å². The monoisotopic (exact) mass is 391 g/mol. The van der Waals surface area contributed by atoms with Crippen LogP contribution in [0, 0.1) is 0 Å². The molecule has 1 aliphatic carbocycles. The van der Waals surface area contributed by atoms with Crippen molar-refractivity contribution in [3.63, 3.8) is 0 Å². The summed E-state index contributed by atoms with van der Waals surface area (Å²) in [6.07, 6.45) is 5.45. The molecule has 0 saturated heterocycles. The summed E-state index contributed by atoms with van der Waals surface area (Å²) in [5.41, 5.74) is 0.928. The first-order valence-electron chi connectivity index (χ1n) is 8.58. The third kappa shape index (κ3) is 5.99. The lowest BCUT2D eigenvalue weighted by Crippen LogP contribution is -2.45. The predicted molar refractivity (Wildman–Crippen MR) is 104 cm³/mol. The van der Waals surface area contributed by atoms with Crippen LogP contribution >= 0.6 is 23.1 Å². The van der Waals surface area contributed by atoms with Crippen molar-refractivity contribution in [2.75, 3.05) is 11.1 Å². The first kappa shape index (κ1) is 18.7. The summed E-state index contributed by atoms with van der Waals surface area (Å²) in [4.78, 5) is 23.8. The second-order valence-corrected chi connectivity index (χ2v) is 8.21. The van der Waals surface area contributed by atoms with Crippen LogP contribution in [0.2, 0.25) is 0 Å². The lowest BCUT2D eigenvalue weighted by Gasteiger charge is -2.22. The first-order chi connectivity index (χ1) is 12.7. The number of hydrogen-bond acceptors (Lipinski definition) is 7. The van der Waals surface area contributed by atoms with Gasteiger partial charge in [0.15, 0.2) is 4.34 Å². The van der Waals surface area contributed by atoms with Crippen LogP contribution in [-0.2, 0) is 4.79 Å². The van der Waals surface area contributed by atoms with E-state index in [0.29, 0.717) is 9.47 Å². The molecule has 0 radical (unpaired) electrons. The molecule has 0 bridgehead atoms. The summed E-state index contributed by atoms with van der Waals surface area (Å²) >= 11 is 2.63. The zero-order valence-corrected chi connectivity index (χ0v) is 15.9. The van der Waals surface area contributed by atoms with E-state index in [1.54, 1.807) is 0 Å². The molecule has 0 unspecified atom stereocenters. The Bertz CT molecular complexity index is 732. The van der Waals surface area contributed by atoms with Crippen molar-refractivity contribution < 1.29 is 9.59 Å². The van der Waals surface area contributed by atoms with E-state index in [1.165, 1.54) is 29.5 Å². The van der Waals surface area contributed by atoms with E-state index >= 15 is 0 Å². The Morgan fingerprint density at radius 2 is 1.88 bits per heavy atom. The van der Waals surface area contributed by atoms with Crippen LogP contribution in [0.25, 0.3) is 0 Å². The zero-order chi connectivity index (χ0) is 18.2. The van der Waals surface area contributed by atoms with E-state index in [-0.39, 0.29) is 17.7 Å². The molecule has 0 spiro atoms. The Morgan fingerprint density at radius 1 is 1.12 bits per heavy atom. The molecule has 0 atom stereocenters. The van der Waals surface area contributed by atoms with E-state index in [0.717, 1.165) is 31.4 Å². The predicted octanol–water partition coefficient (Wildman–Crippen LogP) is 3.53. The van der Waals surface area contributed by atoms with E-state index < -0.39 is 6.03 Å². The number of urea groups is 1. The number of hydrogen-bond donors (Lipinski definition) is 3. The van der Waals surface area contributed by atoms with Gasteiger partial charge in [0.2, 0.25) is 11.0 Å². The number of nitrogens with one attached hydrogen (secondary N) is 3. The maximum atomic E-state index is 11.9. The zero-order valence-electron chi connectivity index (χ0n) is 14.2. The van der Waals surface area contributed by atoms with Crippen LogP contribution in [0.5, 0.6) is 0 Å². The number of thioether (sulfide) groups is 1. The summed E-state index contributed by atoms with van der Waals surface area (Å²) in [6.45, 7) is 0. The minimum absolute atomic E-state index is 0.123. The Hall–Kier alpha value is -2.13. The molecular weight excluding hydrogens is 370 g/mol. The lowest BCUT2D eigenvalue weighted by atomic mass is 9.96.